The van der Waals surface area contributed by atoms with Crippen LogP contribution in [0.3, 0.4) is 0 Å². The molecule has 1 aromatic carbocycles. The highest BCUT2D eigenvalue weighted by Gasteiger charge is 2.26. The van der Waals surface area contributed by atoms with Gasteiger partial charge in [-0.1, -0.05) is 11.6 Å². The van der Waals surface area contributed by atoms with Crippen LogP contribution in [-0.4, -0.2) is 23.0 Å². The zero-order valence-corrected chi connectivity index (χ0v) is 10.9. The summed E-state index contributed by atoms with van der Waals surface area (Å²) in [6.07, 6.45) is 1.47. The number of aromatic nitrogens is 2. The molecule has 1 aromatic heterocycles. The van der Waals surface area contributed by atoms with Crippen molar-refractivity contribution in [3.63, 3.8) is 0 Å². The number of nitrogens with zero attached hydrogens (tertiary/aromatic N) is 2. The molecule has 2 heterocycles. The number of fused-ring (bicyclic) bond motifs is 1. The van der Waals surface area contributed by atoms with Crippen molar-refractivity contribution in [2.45, 2.75) is 0 Å². The van der Waals surface area contributed by atoms with E-state index in [1.807, 2.05) is 0 Å². The molecule has 19 heavy (non-hydrogen) atoms. The molecule has 0 bridgehead atoms. The smallest absolute Gasteiger partial charge is 0.172 e. The summed E-state index contributed by atoms with van der Waals surface area (Å²) < 4.78 is 26.7. The summed E-state index contributed by atoms with van der Waals surface area (Å²) in [6, 6.07) is 1.40. The predicted molar refractivity (Wildman–Crippen MR) is 69.0 cm³/mol. The van der Waals surface area contributed by atoms with Gasteiger partial charge in [-0.25, -0.2) is 4.39 Å². The first kappa shape index (κ1) is 12.1. The van der Waals surface area contributed by atoms with Crippen molar-refractivity contribution in [2.75, 3.05) is 18.9 Å². The highest BCUT2D eigenvalue weighted by molar-refractivity contribution is 6.31. The molecule has 1 aliphatic heterocycles. The lowest BCUT2D eigenvalue weighted by molar-refractivity contribution is 0.171. The third-order valence-electron chi connectivity index (χ3n) is 2.98. The van der Waals surface area contributed by atoms with Crippen LogP contribution >= 0.6 is 11.6 Å². The highest BCUT2D eigenvalue weighted by atomic mass is 35.5. The normalized spacial score (nSPS) is 13.6. The lowest BCUT2D eigenvalue weighted by Crippen LogP contribution is -2.16. The van der Waals surface area contributed by atoms with Crippen LogP contribution in [-0.2, 0) is 7.05 Å². The van der Waals surface area contributed by atoms with Crippen molar-refractivity contribution < 1.29 is 13.9 Å². The molecule has 3 rings (SSSR count). The van der Waals surface area contributed by atoms with Crippen LogP contribution in [0.15, 0.2) is 12.3 Å². The van der Waals surface area contributed by atoms with Gasteiger partial charge in [-0.05, 0) is 0 Å². The Hall–Kier alpha value is -1.95. The first-order chi connectivity index (χ1) is 9.09. The topological polar surface area (TPSA) is 62.3 Å². The Bertz CT molecular complexity index is 657. The van der Waals surface area contributed by atoms with Gasteiger partial charge in [0.05, 0.1) is 22.3 Å². The van der Waals surface area contributed by atoms with E-state index in [0.717, 1.165) is 0 Å². The van der Waals surface area contributed by atoms with E-state index in [1.54, 1.807) is 7.05 Å². The van der Waals surface area contributed by atoms with Crippen LogP contribution in [0, 0.1) is 5.82 Å². The lowest BCUT2D eigenvalue weighted by atomic mass is 10.1. The number of ether oxygens (including phenoxy) is 2. The molecule has 0 fully saturated rings. The summed E-state index contributed by atoms with van der Waals surface area (Å²) in [5.74, 6) is 0.465. The zero-order valence-electron chi connectivity index (χ0n) is 10.1. The minimum absolute atomic E-state index is 0.0393. The number of halogens is 2. The number of nitrogen functional groups attached to an aromatic ring is 1. The second kappa shape index (κ2) is 4.31. The van der Waals surface area contributed by atoms with Gasteiger partial charge >= 0.3 is 0 Å². The SMILES string of the molecule is Cn1ncc(-c2c(F)c(Cl)cc3c2OCCO3)c1N. The van der Waals surface area contributed by atoms with Crippen LogP contribution in [0.1, 0.15) is 0 Å². The number of rotatable bonds is 1. The van der Waals surface area contributed by atoms with Crippen molar-refractivity contribution in [3.05, 3.63) is 23.1 Å². The number of hydrogen-bond acceptors (Lipinski definition) is 4. The molecule has 0 saturated carbocycles. The maximum Gasteiger partial charge on any atom is 0.172 e. The maximum absolute atomic E-state index is 14.3. The van der Waals surface area contributed by atoms with E-state index >= 15 is 0 Å². The Kier molecular flexibility index (Phi) is 2.74. The molecule has 5 nitrogen and oxygen atoms in total. The Morgan fingerprint density at radius 2 is 2.16 bits per heavy atom. The second-order valence-electron chi connectivity index (χ2n) is 4.14. The van der Waals surface area contributed by atoms with Gasteiger partial charge in [0.15, 0.2) is 17.3 Å². The largest absolute Gasteiger partial charge is 0.486 e. The first-order valence-corrected chi connectivity index (χ1v) is 6.03. The monoisotopic (exact) mass is 283 g/mol. The van der Waals surface area contributed by atoms with Gasteiger partial charge < -0.3 is 15.2 Å². The van der Waals surface area contributed by atoms with Crippen LogP contribution in [0.5, 0.6) is 11.5 Å². The summed E-state index contributed by atoms with van der Waals surface area (Å²) in [4.78, 5) is 0. The minimum Gasteiger partial charge on any atom is -0.486 e. The molecule has 0 spiro atoms. The van der Waals surface area contributed by atoms with E-state index in [9.17, 15) is 4.39 Å². The fourth-order valence-electron chi connectivity index (χ4n) is 2.01. The van der Waals surface area contributed by atoms with Crippen LogP contribution in [0.2, 0.25) is 5.02 Å². The van der Waals surface area contributed by atoms with Crippen molar-refractivity contribution >= 4 is 17.4 Å². The van der Waals surface area contributed by atoms with Gasteiger partial charge in [0, 0.05) is 13.1 Å². The van der Waals surface area contributed by atoms with Crippen LogP contribution in [0.4, 0.5) is 10.2 Å². The van der Waals surface area contributed by atoms with Crippen LogP contribution < -0.4 is 15.2 Å². The Balaban J connectivity index is 2.30. The molecule has 0 amide bonds. The number of nitrogens with two attached hydrogens (primary N) is 1. The van der Waals surface area contributed by atoms with E-state index < -0.39 is 5.82 Å². The number of hydrogen-bond donors (Lipinski definition) is 1. The van der Waals surface area contributed by atoms with Gasteiger partial charge in [0.25, 0.3) is 0 Å². The molecule has 2 aromatic rings. The molecule has 0 aliphatic carbocycles. The van der Waals surface area contributed by atoms with Gasteiger partial charge in [-0.2, -0.15) is 5.10 Å². The van der Waals surface area contributed by atoms with Crippen molar-refractivity contribution in [1.29, 1.82) is 0 Å². The number of aryl methyl sites for hydroxylation is 1. The quantitative estimate of drug-likeness (QED) is 0.872. The first-order valence-electron chi connectivity index (χ1n) is 5.65. The average molecular weight is 284 g/mol. The zero-order chi connectivity index (χ0) is 13.6. The molecule has 0 unspecified atom stereocenters. The summed E-state index contributed by atoms with van der Waals surface area (Å²) in [6.45, 7) is 0.748. The van der Waals surface area contributed by atoms with Gasteiger partial charge in [0.1, 0.15) is 19.0 Å². The molecule has 2 N–H and O–H groups in total. The predicted octanol–water partition coefficient (Wildman–Crippen LogP) is 2.23. The fourth-order valence-corrected chi connectivity index (χ4v) is 2.21. The van der Waals surface area contributed by atoms with Gasteiger partial charge in [0.2, 0.25) is 0 Å². The molecular formula is C12H11ClFN3O2. The summed E-state index contributed by atoms with van der Waals surface area (Å²) >= 11 is 5.88. The van der Waals surface area contributed by atoms with E-state index in [0.29, 0.717) is 36.1 Å². The lowest BCUT2D eigenvalue weighted by Gasteiger charge is -2.22. The fraction of sp³-hybridized carbons (Fsp3) is 0.250. The molecule has 100 valence electrons. The summed E-state index contributed by atoms with van der Waals surface area (Å²) in [5.41, 5.74) is 6.50. The van der Waals surface area contributed by atoms with Crippen molar-refractivity contribution in [3.8, 4) is 22.6 Å². The van der Waals surface area contributed by atoms with Gasteiger partial charge in [-0.3, -0.25) is 4.68 Å². The molecule has 0 saturated heterocycles. The standard InChI is InChI=1S/C12H11ClFN3O2/c1-17-12(15)6(5-16-17)9-10(14)7(13)4-8-11(9)19-3-2-18-8/h4-5H,2-3,15H2,1H3. The average Bonchev–Trinajstić information content (AvgIpc) is 2.72. The van der Waals surface area contributed by atoms with Gasteiger partial charge in [-0.15, -0.1) is 0 Å². The van der Waals surface area contributed by atoms with E-state index in [-0.39, 0.29) is 10.6 Å². The van der Waals surface area contributed by atoms with E-state index in [1.165, 1.54) is 16.9 Å². The van der Waals surface area contributed by atoms with Crippen molar-refractivity contribution in [2.24, 2.45) is 7.05 Å². The maximum atomic E-state index is 14.3. The second-order valence-corrected chi connectivity index (χ2v) is 4.55. The summed E-state index contributed by atoms with van der Waals surface area (Å²) in [5, 5.41) is 3.96. The molecular weight excluding hydrogens is 273 g/mol. The Morgan fingerprint density at radius 3 is 2.84 bits per heavy atom. The van der Waals surface area contributed by atoms with E-state index in [4.69, 9.17) is 26.8 Å². The molecule has 0 atom stereocenters. The molecule has 0 radical (unpaired) electrons. The Labute approximate surface area is 113 Å². The third-order valence-corrected chi connectivity index (χ3v) is 3.25. The third kappa shape index (κ3) is 1.79. The number of anilines is 1. The minimum atomic E-state index is -0.592. The molecule has 1 aliphatic rings. The highest BCUT2D eigenvalue weighted by Crippen LogP contribution is 2.46. The summed E-state index contributed by atoms with van der Waals surface area (Å²) in [7, 11) is 1.67. The van der Waals surface area contributed by atoms with Crippen molar-refractivity contribution in [1.82, 2.24) is 9.78 Å². The Morgan fingerprint density at radius 1 is 1.42 bits per heavy atom. The molecule has 7 heteroatoms. The number of benzene rings is 1. The van der Waals surface area contributed by atoms with Crippen LogP contribution in [0.25, 0.3) is 11.1 Å². The van der Waals surface area contributed by atoms with E-state index in [2.05, 4.69) is 5.10 Å².